The van der Waals surface area contributed by atoms with Gasteiger partial charge >= 0.3 is 5.97 Å². The van der Waals surface area contributed by atoms with Crippen LogP contribution in [0.5, 0.6) is 0 Å². The number of hydrogen-bond donors (Lipinski definition) is 1. The van der Waals surface area contributed by atoms with E-state index in [1.807, 2.05) is 32.0 Å². The first-order chi connectivity index (χ1) is 10.3. The molecule has 3 rings (SSSR count). The van der Waals surface area contributed by atoms with Crippen molar-refractivity contribution in [2.45, 2.75) is 44.8 Å². The molecule has 0 saturated heterocycles. The lowest BCUT2D eigenvalue weighted by atomic mass is 9.89. The van der Waals surface area contributed by atoms with E-state index in [-0.39, 0.29) is 12.5 Å². The van der Waals surface area contributed by atoms with Crippen molar-refractivity contribution in [3.05, 3.63) is 40.5 Å². The quantitative estimate of drug-likeness (QED) is 0.931. The Kier molecular flexibility index (Phi) is 3.83. The molecule has 0 radical (unpaired) electrons. The summed E-state index contributed by atoms with van der Waals surface area (Å²) in [6.07, 6.45) is 1.20. The number of hydrogen-bond acceptors (Lipinski definition) is 3. The van der Waals surface area contributed by atoms with Crippen molar-refractivity contribution >= 4 is 28.5 Å². The fraction of sp³-hybridized carbons (Fsp3) is 0.412. The number of benzene rings is 1. The van der Waals surface area contributed by atoms with E-state index in [1.54, 1.807) is 0 Å². The third-order valence-corrected chi connectivity index (χ3v) is 4.25. The van der Waals surface area contributed by atoms with Gasteiger partial charge in [0, 0.05) is 23.3 Å². The molecule has 116 valence electrons. The van der Waals surface area contributed by atoms with E-state index in [0.717, 1.165) is 22.2 Å². The van der Waals surface area contributed by atoms with E-state index in [9.17, 15) is 4.79 Å². The maximum atomic E-state index is 10.8. The Hall–Kier alpha value is -1.65. The second kappa shape index (κ2) is 5.52. The number of carbonyl (C=O) groups is 1. The van der Waals surface area contributed by atoms with E-state index in [0.29, 0.717) is 17.9 Å². The average molecular weight is 320 g/mol. The SMILES string of the molecule is CC1(C)OC(CCC(=O)O)Cc2cc3cc(Cl)ccc3nc21. The molecular formula is C17H18ClNO3. The first-order valence-corrected chi connectivity index (χ1v) is 7.72. The predicted molar refractivity (Wildman–Crippen MR) is 85.2 cm³/mol. The number of carboxylic acids is 1. The highest BCUT2D eigenvalue weighted by atomic mass is 35.5. The second-order valence-corrected chi connectivity index (χ2v) is 6.66. The van der Waals surface area contributed by atoms with Gasteiger partial charge in [0.2, 0.25) is 0 Å². The van der Waals surface area contributed by atoms with Crippen LogP contribution < -0.4 is 0 Å². The number of aromatic nitrogens is 1. The average Bonchev–Trinajstić information content (AvgIpc) is 2.42. The molecule has 1 aliphatic heterocycles. The van der Waals surface area contributed by atoms with Crippen LogP contribution in [-0.4, -0.2) is 22.2 Å². The van der Waals surface area contributed by atoms with Crippen LogP contribution in [0.1, 0.15) is 37.9 Å². The largest absolute Gasteiger partial charge is 0.481 e. The van der Waals surface area contributed by atoms with Gasteiger partial charge in [-0.1, -0.05) is 11.6 Å². The standard InChI is InChI=1S/C17H18ClNO3/c1-17(2)16-11(9-13(22-17)4-6-15(20)21)7-10-8-12(18)3-5-14(10)19-16/h3,5,7-8,13H,4,6,9H2,1-2H3,(H,20,21). The number of ether oxygens (including phenoxy) is 1. The number of halogens is 1. The Morgan fingerprint density at radius 2 is 2.23 bits per heavy atom. The van der Waals surface area contributed by atoms with E-state index >= 15 is 0 Å². The van der Waals surface area contributed by atoms with Crippen molar-refractivity contribution in [2.24, 2.45) is 0 Å². The summed E-state index contributed by atoms with van der Waals surface area (Å²) in [5, 5.41) is 10.5. The number of pyridine rings is 1. The topological polar surface area (TPSA) is 59.4 Å². The van der Waals surface area contributed by atoms with Crippen LogP contribution >= 0.6 is 11.6 Å². The summed E-state index contributed by atoms with van der Waals surface area (Å²) >= 11 is 6.05. The van der Waals surface area contributed by atoms with Crippen LogP contribution in [0.15, 0.2) is 24.3 Å². The number of nitrogens with zero attached hydrogens (tertiary/aromatic N) is 1. The third kappa shape index (κ3) is 2.94. The van der Waals surface area contributed by atoms with Gasteiger partial charge in [0.25, 0.3) is 0 Å². The molecule has 1 aromatic carbocycles. The number of aliphatic carboxylic acids is 1. The van der Waals surface area contributed by atoms with Gasteiger partial charge in [-0.15, -0.1) is 0 Å². The van der Waals surface area contributed by atoms with E-state index in [2.05, 4.69) is 6.07 Å². The van der Waals surface area contributed by atoms with Gasteiger partial charge < -0.3 is 9.84 Å². The molecule has 0 amide bonds. The Morgan fingerprint density at radius 1 is 1.45 bits per heavy atom. The zero-order valence-corrected chi connectivity index (χ0v) is 13.4. The van der Waals surface area contributed by atoms with E-state index in [4.69, 9.17) is 26.4 Å². The molecular weight excluding hydrogens is 302 g/mol. The Balaban J connectivity index is 2.00. The molecule has 0 saturated carbocycles. The monoisotopic (exact) mass is 319 g/mol. The van der Waals surface area contributed by atoms with Crippen LogP contribution in [-0.2, 0) is 21.6 Å². The van der Waals surface area contributed by atoms with Crippen molar-refractivity contribution in [3.63, 3.8) is 0 Å². The van der Waals surface area contributed by atoms with Gasteiger partial charge in [0.05, 0.1) is 17.3 Å². The molecule has 4 nitrogen and oxygen atoms in total. The summed E-state index contributed by atoms with van der Waals surface area (Å²) in [5.41, 5.74) is 2.41. The summed E-state index contributed by atoms with van der Waals surface area (Å²) in [6, 6.07) is 7.74. The highest BCUT2D eigenvalue weighted by Gasteiger charge is 2.35. The van der Waals surface area contributed by atoms with E-state index < -0.39 is 11.6 Å². The maximum absolute atomic E-state index is 10.8. The molecule has 5 heteroatoms. The zero-order valence-electron chi connectivity index (χ0n) is 12.6. The molecule has 0 bridgehead atoms. The molecule has 1 unspecified atom stereocenters. The lowest BCUT2D eigenvalue weighted by molar-refractivity contribution is -0.140. The molecule has 22 heavy (non-hydrogen) atoms. The zero-order chi connectivity index (χ0) is 15.9. The first-order valence-electron chi connectivity index (χ1n) is 7.34. The second-order valence-electron chi connectivity index (χ2n) is 6.22. The minimum absolute atomic E-state index is 0.1000. The minimum atomic E-state index is -0.796. The Morgan fingerprint density at radius 3 is 2.95 bits per heavy atom. The van der Waals surface area contributed by atoms with Gasteiger partial charge in [0.1, 0.15) is 5.60 Å². The van der Waals surface area contributed by atoms with Crippen molar-refractivity contribution in [1.82, 2.24) is 4.98 Å². The molecule has 0 spiro atoms. The van der Waals surface area contributed by atoms with Crippen molar-refractivity contribution in [1.29, 1.82) is 0 Å². The molecule has 0 fully saturated rings. The summed E-state index contributed by atoms with van der Waals surface area (Å²) < 4.78 is 6.07. The fourth-order valence-electron chi connectivity index (χ4n) is 3.07. The molecule has 0 aliphatic carbocycles. The lowest BCUT2D eigenvalue weighted by Crippen LogP contribution is -2.37. The summed E-state index contributed by atoms with van der Waals surface area (Å²) in [5.74, 6) is -0.796. The van der Waals surface area contributed by atoms with Crippen LogP contribution in [0.4, 0.5) is 0 Å². The lowest BCUT2D eigenvalue weighted by Gasteiger charge is -2.37. The summed E-state index contributed by atoms with van der Waals surface area (Å²) in [7, 11) is 0. The molecule has 1 atom stereocenters. The molecule has 1 aliphatic rings. The number of rotatable bonds is 3. The number of fused-ring (bicyclic) bond motifs is 2. The molecule has 2 heterocycles. The van der Waals surface area contributed by atoms with Gasteiger partial charge in [-0.25, -0.2) is 4.98 Å². The number of carboxylic acid groups (broad SMARTS) is 1. The van der Waals surface area contributed by atoms with Crippen LogP contribution in [0, 0.1) is 0 Å². The maximum Gasteiger partial charge on any atom is 0.303 e. The highest BCUT2D eigenvalue weighted by Crippen LogP contribution is 2.37. The Labute approximate surface area is 134 Å². The fourth-order valence-corrected chi connectivity index (χ4v) is 3.25. The first kappa shape index (κ1) is 15.3. The van der Waals surface area contributed by atoms with E-state index in [1.165, 1.54) is 0 Å². The van der Waals surface area contributed by atoms with Crippen LogP contribution in [0.2, 0.25) is 5.02 Å². The minimum Gasteiger partial charge on any atom is -0.481 e. The van der Waals surface area contributed by atoms with Gasteiger partial charge in [0.15, 0.2) is 0 Å². The predicted octanol–water partition coefficient (Wildman–Crippen LogP) is 3.93. The van der Waals surface area contributed by atoms with Gasteiger partial charge in [-0.05, 0) is 50.1 Å². The third-order valence-electron chi connectivity index (χ3n) is 4.02. The summed E-state index contributed by atoms with van der Waals surface area (Å²) in [4.78, 5) is 15.5. The molecule has 2 aromatic rings. The van der Waals surface area contributed by atoms with Crippen molar-refractivity contribution in [2.75, 3.05) is 0 Å². The highest BCUT2D eigenvalue weighted by molar-refractivity contribution is 6.31. The Bertz CT molecular complexity index is 742. The molecule has 1 N–H and O–H groups in total. The van der Waals surface area contributed by atoms with Gasteiger partial charge in [-0.2, -0.15) is 0 Å². The summed E-state index contributed by atoms with van der Waals surface area (Å²) in [6.45, 7) is 3.96. The normalized spacial score (nSPS) is 19.9. The van der Waals surface area contributed by atoms with Crippen LogP contribution in [0.25, 0.3) is 10.9 Å². The smallest absolute Gasteiger partial charge is 0.303 e. The van der Waals surface area contributed by atoms with Crippen molar-refractivity contribution in [3.8, 4) is 0 Å². The molecule has 1 aromatic heterocycles. The van der Waals surface area contributed by atoms with Crippen molar-refractivity contribution < 1.29 is 14.6 Å². The van der Waals surface area contributed by atoms with Gasteiger partial charge in [-0.3, -0.25) is 4.79 Å². The van der Waals surface area contributed by atoms with Crippen LogP contribution in [0.3, 0.4) is 0 Å².